The molecule has 0 radical (unpaired) electrons. The van der Waals surface area contributed by atoms with E-state index in [0.717, 1.165) is 19.3 Å². The molecule has 0 bridgehead atoms. The molecule has 0 aromatic carbocycles. The van der Waals surface area contributed by atoms with Gasteiger partial charge in [-0.2, -0.15) is 0 Å². The highest BCUT2D eigenvalue weighted by atomic mass is 16.6. The van der Waals surface area contributed by atoms with Crippen LogP contribution in [-0.2, 0) is 47.6 Å². The van der Waals surface area contributed by atoms with Crippen LogP contribution in [0.5, 0.6) is 0 Å². The summed E-state index contributed by atoms with van der Waals surface area (Å²) in [5, 5.41) is 0. The maximum atomic E-state index is 12.5. The third-order valence-electron chi connectivity index (χ3n) is 9.86. The Labute approximate surface area is 210 Å². The summed E-state index contributed by atoms with van der Waals surface area (Å²) in [4.78, 5) is 49.3. The topological polar surface area (TPSA) is 127 Å². The number of fused-ring (bicyclic) bond motifs is 4. The predicted octanol–water partition coefficient (Wildman–Crippen LogP) is 2.24. The Morgan fingerprint density at radius 3 is 2.17 bits per heavy atom. The van der Waals surface area contributed by atoms with E-state index in [-0.39, 0.29) is 31.5 Å². The summed E-state index contributed by atoms with van der Waals surface area (Å²) >= 11 is 0. The third kappa shape index (κ3) is 3.43. The summed E-state index contributed by atoms with van der Waals surface area (Å²) in [5.41, 5.74) is -4.16. The highest BCUT2D eigenvalue weighted by Gasteiger charge is 2.82. The molecule has 0 aromatic heterocycles. The first-order chi connectivity index (χ1) is 16.8. The second-order valence-corrected chi connectivity index (χ2v) is 11.8. The minimum absolute atomic E-state index is 0.0267. The van der Waals surface area contributed by atoms with Crippen molar-refractivity contribution in [3.63, 3.8) is 0 Å². The minimum Gasteiger partial charge on any atom is -0.465 e. The number of hydrogen-bond donors (Lipinski definition) is 0. The Kier molecular flexibility index (Phi) is 5.76. The number of ether oxygens (including phenoxy) is 6. The molecule has 5 rings (SSSR count). The van der Waals surface area contributed by atoms with Gasteiger partial charge in [0.05, 0.1) is 18.4 Å². The van der Waals surface area contributed by atoms with Gasteiger partial charge in [0, 0.05) is 26.2 Å². The Balaban J connectivity index is 1.71. The molecule has 10 heteroatoms. The largest absolute Gasteiger partial charge is 0.465 e. The van der Waals surface area contributed by atoms with Gasteiger partial charge in [0.1, 0.15) is 30.0 Å². The standard InChI is InChI=1S/C26H36O10/c1-15(27)31-14-26-18(7-6-8-25(26)13-33-25)22(4)9-10-24(11-19(30)32-12-24)36-23(22,5)20(34-16(2)28)21(26)35-17(3)29/h18,20-21H,6-14H2,1-5H3/t18-,20+,21+,22-,23+,24+,25+,26+/m1/s1. The molecular formula is C26H36O10. The van der Waals surface area contributed by atoms with E-state index in [0.29, 0.717) is 19.4 Å². The van der Waals surface area contributed by atoms with Crippen molar-refractivity contribution in [2.24, 2.45) is 16.7 Å². The molecule has 2 saturated carbocycles. The van der Waals surface area contributed by atoms with E-state index in [4.69, 9.17) is 28.4 Å². The average Bonchev–Trinajstić information content (AvgIpc) is 3.47. The summed E-state index contributed by atoms with van der Waals surface area (Å²) in [6.45, 7) is 8.51. The molecule has 0 unspecified atom stereocenters. The van der Waals surface area contributed by atoms with Gasteiger partial charge in [0.15, 0.2) is 12.2 Å². The number of carbonyl (C=O) groups is 4. The monoisotopic (exact) mass is 508 g/mol. The molecule has 3 saturated heterocycles. The van der Waals surface area contributed by atoms with Gasteiger partial charge in [-0.3, -0.25) is 19.2 Å². The maximum Gasteiger partial charge on any atom is 0.308 e. The van der Waals surface area contributed by atoms with Crippen LogP contribution in [0.25, 0.3) is 0 Å². The second kappa shape index (κ2) is 8.15. The molecule has 3 heterocycles. The zero-order chi connectivity index (χ0) is 26.1. The van der Waals surface area contributed by atoms with Crippen molar-refractivity contribution in [2.45, 2.75) is 102 Å². The zero-order valence-electron chi connectivity index (χ0n) is 21.7. The van der Waals surface area contributed by atoms with Crippen molar-refractivity contribution >= 4 is 23.9 Å². The second-order valence-electron chi connectivity index (χ2n) is 11.8. The Morgan fingerprint density at radius 2 is 1.61 bits per heavy atom. The lowest BCUT2D eigenvalue weighted by molar-refractivity contribution is -0.361. The van der Waals surface area contributed by atoms with E-state index in [1.807, 2.05) is 6.92 Å². The maximum absolute atomic E-state index is 12.5. The quantitative estimate of drug-likeness (QED) is 0.317. The van der Waals surface area contributed by atoms with Gasteiger partial charge >= 0.3 is 23.9 Å². The van der Waals surface area contributed by atoms with Crippen LogP contribution >= 0.6 is 0 Å². The van der Waals surface area contributed by atoms with Crippen LogP contribution in [0.15, 0.2) is 0 Å². The summed E-state index contributed by atoms with van der Waals surface area (Å²) in [6.07, 6.45) is 1.72. The number of epoxide rings is 1. The molecule has 5 fully saturated rings. The van der Waals surface area contributed by atoms with Crippen LogP contribution < -0.4 is 0 Å². The molecule has 2 spiro atoms. The fourth-order valence-corrected chi connectivity index (χ4v) is 8.10. The first-order valence-corrected chi connectivity index (χ1v) is 12.8. The number of hydrogen-bond acceptors (Lipinski definition) is 10. The molecule has 200 valence electrons. The van der Waals surface area contributed by atoms with Crippen LogP contribution in [0, 0.1) is 16.7 Å². The summed E-state index contributed by atoms with van der Waals surface area (Å²) in [5.74, 6) is -2.01. The number of rotatable bonds is 4. The third-order valence-corrected chi connectivity index (χ3v) is 9.86. The van der Waals surface area contributed by atoms with Gasteiger partial charge in [-0.05, 0) is 38.5 Å². The lowest BCUT2D eigenvalue weighted by atomic mass is 9.40. The number of cyclic esters (lactones) is 1. The van der Waals surface area contributed by atoms with Crippen LogP contribution in [-0.4, -0.2) is 72.7 Å². The average molecular weight is 509 g/mol. The van der Waals surface area contributed by atoms with Crippen LogP contribution in [0.2, 0.25) is 0 Å². The lowest BCUT2D eigenvalue weighted by Crippen LogP contribution is -2.80. The van der Waals surface area contributed by atoms with Gasteiger partial charge in [0.2, 0.25) is 0 Å². The molecule has 10 nitrogen and oxygen atoms in total. The van der Waals surface area contributed by atoms with Gasteiger partial charge in [-0.1, -0.05) is 13.3 Å². The van der Waals surface area contributed by atoms with Crippen molar-refractivity contribution in [1.29, 1.82) is 0 Å². The van der Waals surface area contributed by atoms with Crippen LogP contribution in [0.4, 0.5) is 0 Å². The Hall–Kier alpha value is -2.20. The first kappa shape index (κ1) is 25.4. The summed E-state index contributed by atoms with van der Waals surface area (Å²) in [6, 6.07) is 0. The normalized spacial score (nSPS) is 46.9. The Morgan fingerprint density at radius 1 is 0.944 bits per heavy atom. The van der Waals surface area contributed by atoms with Gasteiger partial charge < -0.3 is 28.4 Å². The van der Waals surface area contributed by atoms with E-state index >= 15 is 0 Å². The molecule has 36 heavy (non-hydrogen) atoms. The van der Waals surface area contributed by atoms with Crippen molar-refractivity contribution in [1.82, 2.24) is 0 Å². The molecule has 2 aliphatic carbocycles. The molecule has 8 atom stereocenters. The Bertz CT molecular complexity index is 989. The van der Waals surface area contributed by atoms with Gasteiger partial charge in [-0.15, -0.1) is 0 Å². The van der Waals surface area contributed by atoms with Gasteiger partial charge in [-0.25, -0.2) is 0 Å². The number of esters is 4. The van der Waals surface area contributed by atoms with Crippen molar-refractivity contribution < 1.29 is 47.6 Å². The highest BCUT2D eigenvalue weighted by Crippen LogP contribution is 2.72. The fourth-order valence-electron chi connectivity index (χ4n) is 8.10. The summed E-state index contributed by atoms with van der Waals surface area (Å²) in [7, 11) is 0. The molecule has 5 aliphatic rings. The molecule has 0 amide bonds. The van der Waals surface area contributed by atoms with E-state index in [9.17, 15) is 19.2 Å². The predicted molar refractivity (Wildman–Crippen MR) is 121 cm³/mol. The first-order valence-electron chi connectivity index (χ1n) is 12.8. The SMILES string of the molecule is CC(=O)OC[C@@]12[C@@H](OC(C)=O)[C@H](OC(C)=O)[C@]3(C)O[C@]4(CC[C@]3(C)[C@H]1CCC[C@]21CO1)COC(=O)C4. The van der Waals surface area contributed by atoms with Crippen molar-refractivity contribution in [3.8, 4) is 0 Å². The highest BCUT2D eigenvalue weighted by molar-refractivity contribution is 5.73. The van der Waals surface area contributed by atoms with Gasteiger partial charge in [0.25, 0.3) is 0 Å². The van der Waals surface area contributed by atoms with E-state index in [1.165, 1.54) is 20.8 Å². The van der Waals surface area contributed by atoms with Crippen LogP contribution in [0.3, 0.4) is 0 Å². The molecule has 3 aliphatic heterocycles. The number of carbonyl (C=O) groups excluding carboxylic acids is 4. The molecule has 0 aromatic rings. The van der Waals surface area contributed by atoms with E-state index in [2.05, 4.69) is 6.92 Å². The van der Waals surface area contributed by atoms with E-state index < -0.39 is 57.7 Å². The fraction of sp³-hybridized carbons (Fsp3) is 0.846. The molecule has 0 N–H and O–H groups in total. The zero-order valence-corrected chi connectivity index (χ0v) is 21.7. The van der Waals surface area contributed by atoms with E-state index in [1.54, 1.807) is 0 Å². The van der Waals surface area contributed by atoms with Crippen LogP contribution in [0.1, 0.15) is 73.1 Å². The summed E-state index contributed by atoms with van der Waals surface area (Å²) < 4.78 is 36.1. The van der Waals surface area contributed by atoms with Crippen molar-refractivity contribution in [2.75, 3.05) is 19.8 Å². The smallest absolute Gasteiger partial charge is 0.308 e. The minimum atomic E-state index is -1.12. The van der Waals surface area contributed by atoms with Crippen molar-refractivity contribution in [3.05, 3.63) is 0 Å². The lowest BCUT2D eigenvalue weighted by Gasteiger charge is -2.70. The molecular weight excluding hydrogens is 472 g/mol.